The van der Waals surface area contributed by atoms with Gasteiger partial charge < -0.3 is 10.8 Å². The van der Waals surface area contributed by atoms with E-state index in [4.69, 9.17) is 5.73 Å². The Hall–Kier alpha value is -3.50. The van der Waals surface area contributed by atoms with Crippen molar-refractivity contribution in [2.24, 2.45) is 0 Å². The summed E-state index contributed by atoms with van der Waals surface area (Å²) in [5.74, 6) is 0.324. The van der Waals surface area contributed by atoms with Gasteiger partial charge in [0.25, 0.3) is 0 Å². The lowest BCUT2D eigenvalue weighted by atomic mass is 9.81. The highest BCUT2D eigenvalue weighted by molar-refractivity contribution is 5.61. The van der Waals surface area contributed by atoms with Crippen molar-refractivity contribution in [3.63, 3.8) is 0 Å². The maximum atomic E-state index is 11.8. The first-order valence-corrected chi connectivity index (χ1v) is 9.18. The summed E-state index contributed by atoms with van der Waals surface area (Å²) in [7, 11) is 0. The minimum Gasteiger partial charge on any atom is -0.382 e. The van der Waals surface area contributed by atoms with E-state index in [0.717, 1.165) is 27.9 Å². The van der Waals surface area contributed by atoms with Crippen LogP contribution in [0.15, 0.2) is 97.1 Å². The van der Waals surface area contributed by atoms with Crippen molar-refractivity contribution in [2.45, 2.75) is 12.0 Å². The Kier molecular flexibility index (Phi) is 4.87. The van der Waals surface area contributed by atoms with E-state index in [9.17, 15) is 5.11 Å². The smallest absolute Gasteiger partial charge is 0.149 e. The van der Waals surface area contributed by atoms with Crippen LogP contribution in [0.25, 0.3) is 11.3 Å². The third-order valence-corrected chi connectivity index (χ3v) is 4.92. The van der Waals surface area contributed by atoms with Crippen LogP contribution in [0, 0.1) is 0 Å². The van der Waals surface area contributed by atoms with Gasteiger partial charge in [0.05, 0.1) is 5.69 Å². The van der Waals surface area contributed by atoms with Gasteiger partial charge in [0.1, 0.15) is 11.4 Å². The first-order chi connectivity index (χ1) is 13.7. The summed E-state index contributed by atoms with van der Waals surface area (Å²) in [5.41, 5.74) is 8.97. The first-order valence-electron chi connectivity index (χ1n) is 9.18. The number of benzene rings is 3. The van der Waals surface area contributed by atoms with Crippen LogP contribution < -0.4 is 5.73 Å². The van der Waals surface area contributed by atoms with Crippen LogP contribution in [-0.4, -0.2) is 15.3 Å². The third kappa shape index (κ3) is 3.50. The van der Waals surface area contributed by atoms with Crippen LogP contribution in [0.2, 0.25) is 0 Å². The van der Waals surface area contributed by atoms with Crippen molar-refractivity contribution >= 4 is 5.82 Å². The molecule has 3 aromatic carbocycles. The lowest BCUT2D eigenvalue weighted by Crippen LogP contribution is -2.30. The summed E-state index contributed by atoms with van der Waals surface area (Å²) >= 11 is 0. The van der Waals surface area contributed by atoms with E-state index in [1.54, 1.807) is 0 Å². The molecule has 0 unspecified atom stereocenters. The molecule has 0 aliphatic rings. The molecule has 1 heterocycles. The zero-order chi connectivity index (χ0) is 19.4. The molecule has 0 radical (unpaired) electrons. The fourth-order valence-electron chi connectivity index (χ4n) is 3.41. The lowest BCUT2D eigenvalue weighted by Gasteiger charge is -2.30. The normalized spacial score (nSPS) is 11.3. The molecule has 3 N–H and O–H groups in total. The summed E-state index contributed by atoms with van der Waals surface area (Å²) in [6.45, 7) is 0. The molecule has 0 saturated carbocycles. The monoisotopic (exact) mass is 367 g/mol. The van der Waals surface area contributed by atoms with Gasteiger partial charge in [-0.2, -0.15) is 0 Å². The summed E-state index contributed by atoms with van der Waals surface area (Å²) in [4.78, 5) is 0. The van der Waals surface area contributed by atoms with Crippen molar-refractivity contribution < 1.29 is 5.11 Å². The highest BCUT2D eigenvalue weighted by Crippen LogP contribution is 2.35. The number of nitrogens with zero attached hydrogens (tertiary/aromatic N) is 2. The summed E-state index contributed by atoms with van der Waals surface area (Å²) in [5, 5.41) is 20.2. The predicted octanol–water partition coefficient (Wildman–Crippen LogP) is 4.20. The minimum absolute atomic E-state index is 0.294. The SMILES string of the molecule is Nc1nnc(-c2ccccc2)cc1CC(O)(c1ccccc1)c1ccccc1. The van der Waals surface area contributed by atoms with E-state index in [2.05, 4.69) is 10.2 Å². The maximum Gasteiger partial charge on any atom is 0.149 e. The van der Waals surface area contributed by atoms with Crippen molar-refractivity contribution in [2.75, 3.05) is 5.73 Å². The Labute approximate surface area is 164 Å². The van der Waals surface area contributed by atoms with Crippen molar-refractivity contribution in [1.29, 1.82) is 0 Å². The summed E-state index contributed by atoms with van der Waals surface area (Å²) < 4.78 is 0. The number of rotatable bonds is 5. The molecule has 4 nitrogen and oxygen atoms in total. The summed E-state index contributed by atoms with van der Waals surface area (Å²) in [6.07, 6.45) is 0.294. The summed E-state index contributed by atoms with van der Waals surface area (Å²) in [6, 6.07) is 31.0. The fraction of sp³-hybridized carbons (Fsp3) is 0.0833. The third-order valence-electron chi connectivity index (χ3n) is 4.92. The molecule has 0 amide bonds. The van der Waals surface area contributed by atoms with E-state index in [1.807, 2.05) is 97.1 Å². The largest absolute Gasteiger partial charge is 0.382 e. The van der Waals surface area contributed by atoms with Gasteiger partial charge in [-0.15, -0.1) is 10.2 Å². The number of anilines is 1. The van der Waals surface area contributed by atoms with Crippen LogP contribution in [0.3, 0.4) is 0 Å². The number of nitrogen functional groups attached to an aromatic ring is 1. The molecule has 0 fully saturated rings. The molecule has 0 aliphatic heterocycles. The van der Waals surface area contributed by atoms with Crippen LogP contribution in [-0.2, 0) is 12.0 Å². The molecule has 1 aromatic heterocycles. The van der Waals surface area contributed by atoms with Gasteiger partial charge in [0.2, 0.25) is 0 Å². The molecular weight excluding hydrogens is 346 g/mol. The highest BCUT2D eigenvalue weighted by Gasteiger charge is 2.32. The number of aromatic nitrogens is 2. The zero-order valence-corrected chi connectivity index (χ0v) is 15.4. The molecule has 4 heteroatoms. The molecular formula is C24H21N3O. The number of aliphatic hydroxyl groups is 1. The second kappa shape index (κ2) is 7.62. The van der Waals surface area contributed by atoms with Gasteiger partial charge in [0.15, 0.2) is 0 Å². The predicted molar refractivity (Wildman–Crippen MR) is 111 cm³/mol. The molecule has 4 rings (SSSR count). The maximum absolute atomic E-state index is 11.8. The average molecular weight is 367 g/mol. The lowest BCUT2D eigenvalue weighted by molar-refractivity contribution is 0.0812. The van der Waals surface area contributed by atoms with Gasteiger partial charge >= 0.3 is 0 Å². The van der Waals surface area contributed by atoms with Crippen LogP contribution >= 0.6 is 0 Å². The average Bonchev–Trinajstić information content (AvgIpc) is 2.77. The molecule has 0 atom stereocenters. The number of hydrogen-bond acceptors (Lipinski definition) is 4. The van der Waals surface area contributed by atoms with Crippen molar-refractivity contribution in [3.8, 4) is 11.3 Å². The Bertz CT molecular complexity index is 1010. The minimum atomic E-state index is -1.23. The van der Waals surface area contributed by atoms with E-state index in [1.165, 1.54) is 0 Å². The first kappa shape index (κ1) is 17.9. The fourth-order valence-corrected chi connectivity index (χ4v) is 3.41. The Balaban J connectivity index is 1.80. The van der Waals surface area contributed by atoms with Gasteiger partial charge in [0, 0.05) is 17.5 Å². The molecule has 0 aliphatic carbocycles. The van der Waals surface area contributed by atoms with Gasteiger partial charge in [-0.05, 0) is 17.2 Å². The molecule has 0 bridgehead atoms. The Morgan fingerprint density at radius 2 is 1.21 bits per heavy atom. The molecule has 0 spiro atoms. The number of nitrogens with two attached hydrogens (primary N) is 1. The topological polar surface area (TPSA) is 72.0 Å². The zero-order valence-electron chi connectivity index (χ0n) is 15.4. The van der Waals surface area contributed by atoms with E-state index in [0.29, 0.717) is 12.2 Å². The number of hydrogen-bond donors (Lipinski definition) is 2. The van der Waals surface area contributed by atoms with E-state index in [-0.39, 0.29) is 0 Å². The quantitative estimate of drug-likeness (QED) is 0.554. The molecule has 28 heavy (non-hydrogen) atoms. The van der Waals surface area contributed by atoms with Crippen LogP contribution in [0.4, 0.5) is 5.82 Å². The van der Waals surface area contributed by atoms with E-state index >= 15 is 0 Å². The Morgan fingerprint density at radius 1 is 0.714 bits per heavy atom. The van der Waals surface area contributed by atoms with Crippen molar-refractivity contribution in [1.82, 2.24) is 10.2 Å². The van der Waals surface area contributed by atoms with Crippen LogP contribution in [0.5, 0.6) is 0 Å². The van der Waals surface area contributed by atoms with Crippen LogP contribution in [0.1, 0.15) is 16.7 Å². The standard InChI is InChI=1S/C24H21N3O/c25-23-19(16-22(26-27-23)18-10-4-1-5-11-18)17-24(28,20-12-6-2-7-13-20)21-14-8-3-9-15-21/h1-16,28H,17H2,(H2,25,27). The second-order valence-electron chi connectivity index (χ2n) is 6.78. The van der Waals surface area contributed by atoms with Gasteiger partial charge in [-0.1, -0.05) is 91.0 Å². The Morgan fingerprint density at radius 3 is 1.75 bits per heavy atom. The van der Waals surface area contributed by atoms with E-state index < -0.39 is 5.60 Å². The van der Waals surface area contributed by atoms with Gasteiger partial charge in [-0.3, -0.25) is 0 Å². The van der Waals surface area contributed by atoms with Crippen molar-refractivity contribution in [3.05, 3.63) is 114 Å². The molecule has 4 aromatic rings. The molecule has 138 valence electrons. The van der Waals surface area contributed by atoms with Gasteiger partial charge in [-0.25, -0.2) is 0 Å². The second-order valence-corrected chi connectivity index (χ2v) is 6.78. The molecule has 0 saturated heterocycles. The highest BCUT2D eigenvalue weighted by atomic mass is 16.3.